The zero-order valence-corrected chi connectivity index (χ0v) is 17.4. The molecule has 4 rings (SSSR count). The van der Waals surface area contributed by atoms with E-state index in [9.17, 15) is 18.0 Å². The van der Waals surface area contributed by atoms with Crippen LogP contribution >= 0.6 is 0 Å². The molecule has 0 saturated carbocycles. The van der Waals surface area contributed by atoms with Gasteiger partial charge in [-0.2, -0.15) is 13.2 Å². The number of aryl methyl sites for hydroxylation is 1. The summed E-state index contributed by atoms with van der Waals surface area (Å²) in [5, 5.41) is 8.86. The van der Waals surface area contributed by atoms with Gasteiger partial charge in [-0.1, -0.05) is 18.6 Å². The lowest BCUT2D eigenvalue weighted by Gasteiger charge is -2.32. The number of halogens is 3. The van der Waals surface area contributed by atoms with Crippen LogP contribution in [0.15, 0.2) is 24.3 Å². The Labute approximate surface area is 179 Å². The Morgan fingerprint density at radius 1 is 1.06 bits per heavy atom. The maximum atomic E-state index is 13.0. The van der Waals surface area contributed by atoms with Crippen LogP contribution in [0.4, 0.5) is 13.2 Å². The lowest BCUT2D eigenvalue weighted by Crippen LogP contribution is -2.39. The molecule has 31 heavy (non-hydrogen) atoms. The molecule has 1 aromatic heterocycles. The van der Waals surface area contributed by atoms with Gasteiger partial charge < -0.3 is 14.2 Å². The Bertz CT molecular complexity index is 895. The number of carbonyl (C=O) groups excluding carboxylic acids is 1. The number of alkyl halides is 3. The molecule has 3 heterocycles. The van der Waals surface area contributed by atoms with E-state index >= 15 is 0 Å². The Morgan fingerprint density at radius 3 is 2.65 bits per heavy atom. The molecule has 1 atom stereocenters. The molecular formula is C22H27F3N4O2. The molecule has 0 aliphatic carbocycles. The van der Waals surface area contributed by atoms with E-state index in [1.54, 1.807) is 24.3 Å². The van der Waals surface area contributed by atoms with Crippen LogP contribution < -0.4 is 0 Å². The van der Waals surface area contributed by atoms with Gasteiger partial charge in [0.1, 0.15) is 18.3 Å². The molecule has 1 unspecified atom stereocenters. The summed E-state index contributed by atoms with van der Waals surface area (Å²) in [7, 11) is 0. The number of hydrogen-bond donors (Lipinski definition) is 0. The predicted molar refractivity (Wildman–Crippen MR) is 108 cm³/mol. The van der Waals surface area contributed by atoms with Crippen molar-refractivity contribution >= 4 is 5.91 Å². The van der Waals surface area contributed by atoms with Crippen molar-refractivity contribution in [2.75, 3.05) is 19.7 Å². The number of amides is 1. The number of aromatic nitrogens is 3. The first-order valence-electron chi connectivity index (χ1n) is 10.9. The fourth-order valence-corrected chi connectivity index (χ4v) is 4.39. The van der Waals surface area contributed by atoms with Gasteiger partial charge in [0.15, 0.2) is 0 Å². The number of nitrogens with zero attached hydrogens (tertiary/aromatic N) is 4. The second kappa shape index (κ2) is 9.38. The van der Waals surface area contributed by atoms with Gasteiger partial charge in [0.2, 0.25) is 0 Å². The monoisotopic (exact) mass is 436 g/mol. The van der Waals surface area contributed by atoms with Crippen LogP contribution in [-0.4, -0.2) is 51.4 Å². The Kier molecular flexibility index (Phi) is 6.60. The Hall–Kier alpha value is -2.42. The van der Waals surface area contributed by atoms with Crippen molar-refractivity contribution in [1.29, 1.82) is 0 Å². The molecule has 1 fully saturated rings. The summed E-state index contributed by atoms with van der Waals surface area (Å²) in [6, 6.07) is 6.59. The standard InChI is InChI=1S/C22H27F3N4O2/c23-22(24,25)15-31-14-16-7-9-17(10-8-16)21(30)28-11-4-5-18(13-28)20-27-26-19-6-2-1-3-12-29(19)20/h7-10,18H,1-6,11-15H2. The number of fused-ring (bicyclic) bond motifs is 1. The van der Waals surface area contributed by atoms with Crippen LogP contribution in [0.3, 0.4) is 0 Å². The van der Waals surface area contributed by atoms with Crippen LogP contribution in [-0.2, 0) is 24.3 Å². The molecule has 1 aromatic carbocycles. The molecule has 1 amide bonds. The van der Waals surface area contributed by atoms with E-state index < -0.39 is 12.8 Å². The maximum Gasteiger partial charge on any atom is 0.411 e. The Balaban J connectivity index is 1.38. The minimum Gasteiger partial charge on any atom is -0.367 e. The highest BCUT2D eigenvalue weighted by Gasteiger charge is 2.30. The van der Waals surface area contributed by atoms with Gasteiger partial charge in [-0.05, 0) is 43.4 Å². The number of benzene rings is 1. The first-order valence-corrected chi connectivity index (χ1v) is 10.9. The van der Waals surface area contributed by atoms with Crippen LogP contribution in [0.2, 0.25) is 0 Å². The topological polar surface area (TPSA) is 60.2 Å². The maximum absolute atomic E-state index is 13.0. The third kappa shape index (κ3) is 5.44. The van der Waals surface area contributed by atoms with E-state index in [4.69, 9.17) is 0 Å². The lowest BCUT2D eigenvalue weighted by molar-refractivity contribution is -0.176. The van der Waals surface area contributed by atoms with Crippen molar-refractivity contribution < 1.29 is 22.7 Å². The molecule has 2 aliphatic heterocycles. The number of ether oxygens (including phenoxy) is 1. The van der Waals surface area contributed by atoms with Crippen LogP contribution in [0, 0.1) is 0 Å². The zero-order chi connectivity index (χ0) is 21.8. The highest BCUT2D eigenvalue weighted by Crippen LogP contribution is 2.29. The molecule has 2 aliphatic rings. The molecule has 0 bridgehead atoms. The second-order valence-corrected chi connectivity index (χ2v) is 8.33. The molecule has 168 valence electrons. The fourth-order valence-electron chi connectivity index (χ4n) is 4.39. The van der Waals surface area contributed by atoms with E-state index in [0.717, 1.165) is 50.3 Å². The minimum atomic E-state index is -4.34. The number of piperidine rings is 1. The fraction of sp³-hybridized carbons (Fsp3) is 0.591. The molecule has 9 heteroatoms. The number of likely N-dealkylation sites (tertiary alicyclic amines) is 1. The van der Waals surface area contributed by atoms with Crippen molar-refractivity contribution in [3.05, 3.63) is 47.0 Å². The van der Waals surface area contributed by atoms with Crippen molar-refractivity contribution in [2.24, 2.45) is 0 Å². The van der Waals surface area contributed by atoms with Gasteiger partial charge in [-0.15, -0.1) is 10.2 Å². The van der Waals surface area contributed by atoms with Gasteiger partial charge in [-0.25, -0.2) is 0 Å². The summed E-state index contributed by atoms with van der Waals surface area (Å²) < 4.78 is 43.5. The van der Waals surface area contributed by atoms with Crippen molar-refractivity contribution in [3.8, 4) is 0 Å². The third-order valence-corrected chi connectivity index (χ3v) is 5.95. The smallest absolute Gasteiger partial charge is 0.367 e. The summed E-state index contributed by atoms with van der Waals surface area (Å²) in [5.74, 6) is 2.15. The average Bonchev–Trinajstić information content (AvgIpc) is 3.01. The second-order valence-electron chi connectivity index (χ2n) is 8.33. The van der Waals surface area contributed by atoms with Crippen LogP contribution in [0.5, 0.6) is 0 Å². The molecule has 2 aromatic rings. The van der Waals surface area contributed by atoms with E-state index in [2.05, 4.69) is 19.5 Å². The highest BCUT2D eigenvalue weighted by molar-refractivity contribution is 5.94. The summed E-state index contributed by atoms with van der Waals surface area (Å²) in [6.45, 7) is 0.813. The quantitative estimate of drug-likeness (QED) is 0.708. The lowest BCUT2D eigenvalue weighted by atomic mass is 9.96. The predicted octanol–water partition coefficient (Wildman–Crippen LogP) is 4.10. The number of rotatable bonds is 5. The van der Waals surface area contributed by atoms with Gasteiger partial charge in [-0.3, -0.25) is 4.79 Å². The van der Waals surface area contributed by atoms with E-state index in [1.165, 1.54) is 6.42 Å². The van der Waals surface area contributed by atoms with Gasteiger partial charge >= 0.3 is 6.18 Å². The highest BCUT2D eigenvalue weighted by atomic mass is 19.4. The number of carbonyl (C=O) groups is 1. The third-order valence-electron chi connectivity index (χ3n) is 5.95. The largest absolute Gasteiger partial charge is 0.411 e. The first kappa shape index (κ1) is 21.8. The van der Waals surface area contributed by atoms with Crippen molar-refractivity contribution in [2.45, 2.75) is 63.8 Å². The summed E-state index contributed by atoms with van der Waals surface area (Å²) >= 11 is 0. The minimum absolute atomic E-state index is 0.0666. The zero-order valence-electron chi connectivity index (χ0n) is 17.4. The van der Waals surface area contributed by atoms with Crippen molar-refractivity contribution in [3.63, 3.8) is 0 Å². The molecule has 6 nitrogen and oxygen atoms in total. The molecule has 0 spiro atoms. The summed E-state index contributed by atoms with van der Waals surface area (Å²) in [6.07, 6.45) is 1.98. The van der Waals surface area contributed by atoms with Crippen LogP contribution in [0.25, 0.3) is 0 Å². The summed E-state index contributed by atoms with van der Waals surface area (Å²) in [5.41, 5.74) is 1.13. The molecule has 1 saturated heterocycles. The summed E-state index contributed by atoms with van der Waals surface area (Å²) in [4.78, 5) is 14.9. The number of hydrogen-bond acceptors (Lipinski definition) is 4. The van der Waals surface area contributed by atoms with Gasteiger partial charge in [0, 0.05) is 37.5 Å². The normalized spacial score (nSPS) is 19.7. The molecular weight excluding hydrogens is 409 g/mol. The Morgan fingerprint density at radius 2 is 1.87 bits per heavy atom. The molecule has 0 radical (unpaired) electrons. The van der Waals surface area contributed by atoms with Gasteiger partial charge in [0.25, 0.3) is 5.91 Å². The SMILES string of the molecule is O=C(c1ccc(COCC(F)(F)F)cc1)N1CCCC(c2nnc3n2CCCCC3)C1. The first-order chi connectivity index (χ1) is 14.9. The van der Waals surface area contributed by atoms with E-state index in [1.807, 2.05) is 4.90 Å². The molecule has 0 N–H and O–H groups in total. The van der Waals surface area contributed by atoms with Gasteiger partial charge in [0.05, 0.1) is 6.61 Å². The van der Waals surface area contributed by atoms with E-state index in [0.29, 0.717) is 24.2 Å². The average molecular weight is 436 g/mol. The van der Waals surface area contributed by atoms with Crippen molar-refractivity contribution in [1.82, 2.24) is 19.7 Å². The van der Waals surface area contributed by atoms with E-state index in [-0.39, 0.29) is 18.4 Å². The van der Waals surface area contributed by atoms with Crippen LogP contribution in [0.1, 0.15) is 65.6 Å².